The molecule has 5 rings (SSSR count). The van der Waals surface area contributed by atoms with Crippen LogP contribution in [0.2, 0.25) is 5.02 Å². The van der Waals surface area contributed by atoms with E-state index in [1.54, 1.807) is 23.7 Å². The van der Waals surface area contributed by atoms with Crippen molar-refractivity contribution in [2.45, 2.75) is 26.2 Å². The molecule has 214 valence electrons. The fourth-order valence-corrected chi connectivity index (χ4v) is 4.84. The van der Waals surface area contributed by atoms with E-state index in [-0.39, 0.29) is 39.8 Å². The van der Waals surface area contributed by atoms with Crippen LogP contribution in [0.15, 0.2) is 54.6 Å². The lowest BCUT2D eigenvalue weighted by molar-refractivity contribution is -0.0489. The summed E-state index contributed by atoms with van der Waals surface area (Å²) in [5.74, 6) is -2.12. The van der Waals surface area contributed by atoms with Crippen LogP contribution in [-0.2, 0) is 20.2 Å². The zero-order valence-corrected chi connectivity index (χ0v) is 22.5. The number of aromatic nitrogens is 2. The molecule has 1 aliphatic rings. The maximum absolute atomic E-state index is 14.4. The minimum atomic E-state index is -3.13. The van der Waals surface area contributed by atoms with Crippen molar-refractivity contribution in [3.8, 4) is 11.5 Å². The van der Waals surface area contributed by atoms with Crippen LogP contribution < -0.4 is 9.47 Å². The molecule has 1 aliphatic heterocycles. The summed E-state index contributed by atoms with van der Waals surface area (Å²) in [6.07, 6.45) is 2.62. The topological polar surface area (TPSA) is 76.8 Å². The van der Waals surface area contributed by atoms with Gasteiger partial charge in [0, 0.05) is 30.7 Å². The lowest BCUT2D eigenvalue weighted by Crippen LogP contribution is -2.29. The second-order valence-corrected chi connectivity index (χ2v) is 9.93. The molecular weight excluding hydrogens is 566 g/mol. The minimum absolute atomic E-state index is 0.00225. The number of ether oxygens (including phenoxy) is 2. The number of carboxylic acid groups (broad SMARTS) is 1. The highest BCUT2D eigenvalue weighted by Gasteiger charge is 2.22. The third kappa shape index (κ3) is 6.31. The van der Waals surface area contributed by atoms with Gasteiger partial charge in [-0.15, -0.1) is 0 Å². The molecule has 7 nitrogen and oxygen atoms in total. The Labute approximate surface area is 237 Å². The van der Waals surface area contributed by atoms with Gasteiger partial charge < -0.3 is 19.1 Å². The van der Waals surface area contributed by atoms with Gasteiger partial charge in [0.1, 0.15) is 23.8 Å². The number of fused-ring (bicyclic) bond motifs is 1. The zero-order chi connectivity index (χ0) is 29.3. The molecule has 1 N–H and O–H groups in total. The molecule has 41 heavy (non-hydrogen) atoms. The van der Waals surface area contributed by atoms with Gasteiger partial charge in [-0.05, 0) is 54.0 Å². The number of imidazole rings is 1. The Balaban J connectivity index is 1.30. The average molecular weight is 590 g/mol. The van der Waals surface area contributed by atoms with Gasteiger partial charge >= 0.3 is 12.6 Å². The van der Waals surface area contributed by atoms with Gasteiger partial charge in [0.15, 0.2) is 17.3 Å². The molecule has 12 heteroatoms. The molecule has 0 spiro atoms. The SMILES string of the molecule is Cn1c(CN2CC=C(c3ccc(F)c(OCc4ccc(Cl)cc4F)c3)CC2)nc2c(OC(F)F)cc(C(=O)O)cc21. The summed E-state index contributed by atoms with van der Waals surface area (Å²) in [6, 6.07) is 11.1. The van der Waals surface area contributed by atoms with Gasteiger partial charge in [0.05, 0.1) is 17.6 Å². The van der Waals surface area contributed by atoms with Crippen molar-refractivity contribution < 1.29 is 36.9 Å². The number of rotatable bonds is 9. The molecule has 0 radical (unpaired) electrons. The Morgan fingerprint density at radius 2 is 1.90 bits per heavy atom. The van der Waals surface area contributed by atoms with Crippen molar-refractivity contribution in [3.05, 3.63) is 93.8 Å². The molecule has 0 unspecified atom stereocenters. The first-order valence-corrected chi connectivity index (χ1v) is 12.9. The van der Waals surface area contributed by atoms with Gasteiger partial charge in [-0.25, -0.2) is 18.6 Å². The molecule has 0 saturated heterocycles. The number of halogens is 5. The van der Waals surface area contributed by atoms with Crippen LogP contribution in [0.25, 0.3) is 16.6 Å². The van der Waals surface area contributed by atoms with Crippen molar-refractivity contribution >= 4 is 34.2 Å². The molecule has 4 aromatic rings. The lowest BCUT2D eigenvalue weighted by Gasteiger charge is -2.26. The van der Waals surface area contributed by atoms with Crippen molar-refractivity contribution in [2.24, 2.45) is 7.05 Å². The van der Waals surface area contributed by atoms with E-state index in [2.05, 4.69) is 14.6 Å². The van der Waals surface area contributed by atoms with Gasteiger partial charge in [-0.2, -0.15) is 8.78 Å². The summed E-state index contributed by atoms with van der Waals surface area (Å²) in [5.41, 5.74) is 2.33. The molecule has 0 amide bonds. The van der Waals surface area contributed by atoms with Crippen molar-refractivity contribution in [2.75, 3.05) is 13.1 Å². The molecular formula is C29H24ClF4N3O4. The molecule has 0 saturated carbocycles. The zero-order valence-electron chi connectivity index (χ0n) is 21.7. The van der Waals surface area contributed by atoms with Crippen LogP contribution in [0.5, 0.6) is 11.5 Å². The molecule has 0 aliphatic carbocycles. The predicted octanol–water partition coefficient (Wildman–Crippen LogP) is 6.67. The van der Waals surface area contributed by atoms with Crippen molar-refractivity contribution in [3.63, 3.8) is 0 Å². The van der Waals surface area contributed by atoms with Crippen LogP contribution >= 0.6 is 11.6 Å². The van der Waals surface area contributed by atoms with E-state index in [0.29, 0.717) is 37.4 Å². The highest BCUT2D eigenvalue weighted by Crippen LogP contribution is 2.31. The number of hydrogen-bond donors (Lipinski definition) is 1. The first-order valence-electron chi connectivity index (χ1n) is 12.5. The molecule has 3 aromatic carbocycles. The second kappa shape index (κ2) is 11.8. The third-order valence-electron chi connectivity index (χ3n) is 6.87. The lowest BCUT2D eigenvalue weighted by atomic mass is 9.99. The fraction of sp³-hybridized carbons (Fsp3) is 0.241. The second-order valence-electron chi connectivity index (χ2n) is 9.50. The van der Waals surface area contributed by atoms with E-state index in [4.69, 9.17) is 16.3 Å². The number of hydrogen-bond acceptors (Lipinski definition) is 5. The summed E-state index contributed by atoms with van der Waals surface area (Å²) < 4.78 is 66.2. The van der Waals surface area contributed by atoms with Crippen LogP contribution in [0.3, 0.4) is 0 Å². The maximum atomic E-state index is 14.4. The highest BCUT2D eigenvalue weighted by molar-refractivity contribution is 6.30. The van der Waals surface area contributed by atoms with Crippen LogP contribution in [0.4, 0.5) is 17.6 Å². The van der Waals surface area contributed by atoms with Crippen molar-refractivity contribution in [1.82, 2.24) is 14.5 Å². The smallest absolute Gasteiger partial charge is 0.387 e. The largest absolute Gasteiger partial charge is 0.486 e. The minimum Gasteiger partial charge on any atom is -0.486 e. The Morgan fingerprint density at radius 3 is 2.59 bits per heavy atom. The molecule has 1 aromatic heterocycles. The molecule has 0 fully saturated rings. The third-order valence-corrected chi connectivity index (χ3v) is 7.10. The Morgan fingerprint density at radius 1 is 1.10 bits per heavy atom. The Hall–Kier alpha value is -4.09. The normalized spacial score (nSPS) is 14.0. The van der Waals surface area contributed by atoms with E-state index in [1.165, 1.54) is 30.3 Å². The highest BCUT2D eigenvalue weighted by atomic mass is 35.5. The number of benzene rings is 3. The fourth-order valence-electron chi connectivity index (χ4n) is 4.68. The molecule has 0 atom stereocenters. The number of carboxylic acids is 1. The van der Waals surface area contributed by atoms with Gasteiger partial charge in [0.25, 0.3) is 0 Å². The Bertz CT molecular complexity index is 1660. The maximum Gasteiger partial charge on any atom is 0.387 e. The van der Waals surface area contributed by atoms with Gasteiger partial charge in [-0.3, -0.25) is 4.90 Å². The number of nitrogens with zero attached hydrogens (tertiary/aromatic N) is 3. The predicted molar refractivity (Wildman–Crippen MR) is 144 cm³/mol. The van der Waals surface area contributed by atoms with Crippen LogP contribution in [0, 0.1) is 11.6 Å². The first kappa shape index (κ1) is 28.4. The van der Waals surface area contributed by atoms with E-state index in [9.17, 15) is 27.5 Å². The van der Waals surface area contributed by atoms with E-state index in [0.717, 1.165) is 17.2 Å². The van der Waals surface area contributed by atoms with Crippen LogP contribution in [-0.4, -0.2) is 45.2 Å². The number of aryl methyl sites for hydroxylation is 1. The van der Waals surface area contributed by atoms with Crippen molar-refractivity contribution in [1.29, 1.82) is 0 Å². The van der Waals surface area contributed by atoms with Crippen LogP contribution in [0.1, 0.15) is 33.7 Å². The molecule has 0 bridgehead atoms. The Kier molecular flexibility index (Phi) is 8.18. The summed E-state index contributed by atoms with van der Waals surface area (Å²) >= 11 is 5.78. The summed E-state index contributed by atoms with van der Waals surface area (Å²) in [5, 5.41) is 9.64. The standard InChI is InChI=1S/C29H24ClF4N3O4/c1-36-23-10-19(28(38)39)12-25(41-29(33)34)27(23)35-26(36)14-37-8-6-16(7-9-37)17-3-5-21(31)24(11-17)40-15-18-2-4-20(30)13-22(18)32/h2-6,10-13,29H,7-9,14-15H2,1H3,(H,38,39). The number of alkyl halides is 2. The van der Waals surface area contributed by atoms with Gasteiger partial charge in [-0.1, -0.05) is 29.8 Å². The van der Waals surface area contributed by atoms with E-state index >= 15 is 0 Å². The number of carbonyl (C=O) groups is 1. The number of aromatic carboxylic acids is 1. The first-order chi connectivity index (χ1) is 19.6. The molecule has 2 heterocycles. The van der Waals surface area contributed by atoms with E-state index < -0.39 is 24.2 Å². The summed E-state index contributed by atoms with van der Waals surface area (Å²) in [4.78, 5) is 18.1. The van der Waals surface area contributed by atoms with E-state index in [1.807, 2.05) is 6.08 Å². The summed E-state index contributed by atoms with van der Waals surface area (Å²) in [6.45, 7) is -1.76. The quantitative estimate of drug-likeness (QED) is 0.220. The summed E-state index contributed by atoms with van der Waals surface area (Å²) in [7, 11) is 1.68. The average Bonchev–Trinajstić information content (AvgIpc) is 3.24. The monoisotopic (exact) mass is 589 g/mol. The van der Waals surface area contributed by atoms with Gasteiger partial charge in [0.2, 0.25) is 0 Å².